The molecule has 1 aromatic carbocycles. The summed E-state index contributed by atoms with van der Waals surface area (Å²) in [5.74, 6) is 0.932. The van der Waals surface area contributed by atoms with E-state index >= 15 is 0 Å². The molecule has 0 atom stereocenters. The molecule has 27 heavy (non-hydrogen) atoms. The second-order valence-electron chi connectivity index (χ2n) is 6.53. The first-order valence-electron chi connectivity index (χ1n) is 8.90. The molecule has 0 bridgehead atoms. The SMILES string of the molecule is O=C(c1ccc(Cn2ccnc2)cc1)N1CCN(c2cccc(Cl)n2)CC1. The summed E-state index contributed by atoms with van der Waals surface area (Å²) in [6.07, 6.45) is 5.47. The number of rotatable bonds is 4. The highest BCUT2D eigenvalue weighted by Gasteiger charge is 2.22. The molecule has 0 aliphatic carbocycles. The van der Waals surface area contributed by atoms with Gasteiger partial charge in [0, 0.05) is 50.7 Å². The number of nitrogens with zero attached hydrogens (tertiary/aromatic N) is 5. The van der Waals surface area contributed by atoms with Crippen molar-refractivity contribution < 1.29 is 4.79 Å². The van der Waals surface area contributed by atoms with Gasteiger partial charge in [0.1, 0.15) is 11.0 Å². The maximum atomic E-state index is 12.8. The number of imidazole rings is 1. The van der Waals surface area contributed by atoms with Gasteiger partial charge in [0.05, 0.1) is 6.33 Å². The summed E-state index contributed by atoms with van der Waals surface area (Å²) in [5, 5.41) is 0.488. The van der Waals surface area contributed by atoms with Gasteiger partial charge < -0.3 is 14.4 Å². The number of pyridine rings is 1. The van der Waals surface area contributed by atoms with Crippen LogP contribution in [-0.4, -0.2) is 51.5 Å². The predicted molar refractivity (Wildman–Crippen MR) is 105 cm³/mol. The van der Waals surface area contributed by atoms with E-state index in [1.54, 1.807) is 18.6 Å². The highest BCUT2D eigenvalue weighted by Crippen LogP contribution is 2.17. The molecule has 138 valence electrons. The molecule has 1 amide bonds. The number of piperazine rings is 1. The van der Waals surface area contributed by atoms with E-state index in [0.29, 0.717) is 18.2 Å². The van der Waals surface area contributed by atoms with Crippen molar-refractivity contribution in [1.29, 1.82) is 0 Å². The minimum Gasteiger partial charge on any atom is -0.353 e. The van der Waals surface area contributed by atoms with E-state index < -0.39 is 0 Å². The van der Waals surface area contributed by atoms with Crippen LogP contribution < -0.4 is 4.90 Å². The fourth-order valence-corrected chi connectivity index (χ4v) is 3.40. The molecule has 3 aromatic rings. The number of hydrogen-bond acceptors (Lipinski definition) is 4. The Labute approximate surface area is 163 Å². The van der Waals surface area contributed by atoms with Gasteiger partial charge in [0.15, 0.2) is 0 Å². The first-order chi connectivity index (χ1) is 13.2. The molecule has 0 radical (unpaired) electrons. The number of carbonyl (C=O) groups is 1. The summed E-state index contributed by atoms with van der Waals surface area (Å²) in [6.45, 7) is 3.59. The molecule has 1 fully saturated rings. The molecule has 0 unspecified atom stereocenters. The first kappa shape index (κ1) is 17.5. The van der Waals surface area contributed by atoms with Crippen molar-refractivity contribution in [3.8, 4) is 0 Å². The molecular weight excluding hydrogens is 362 g/mol. The Hall–Kier alpha value is -2.86. The van der Waals surface area contributed by atoms with Gasteiger partial charge in [-0.15, -0.1) is 0 Å². The minimum atomic E-state index is 0.0721. The lowest BCUT2D eigenvalue weighted by Crippen LogP contribution is -2.49. The van der Waals surface area contributed by atoms with Crippen LogP contribution in [0, 0.1) is 0 Å². The van der Waals surface area contributed by atoms with Crippen molar-refractivity contribution in [2.75, 3.05) is 31.1 Å². The number of carbonyl (C=O) groups excluding carboxylic acids is 1. The molecule has 4 rings (SSSR count). The Morgan fingerprint density at radius 2 is 1.81 bits per heavy atom. The van der Waals surface area contributed by atoms with Gasteiger partial charge in [0.25, 0.3) is 5.91 Å². The van der Waals surface area contributed by atoms with E-state index in [4.69, 9.17) is 11.6 Å². The molecule has 2 aromatic heterocycles. The Bertz CT molecular complexity index is 902. The Morgan fingerprint density at radius 3 is 2.48 bits per heavy atom. The number of halogens is 1. The molecule has 3 heterocycles. The summed E-state index contributed by atoms with van der Waals surface area (Å²) < 4.78 is 2.00. The van der Waals surface area contributed by atoms with E-state index in [1.807, 2.05) is 52.1 Å². The number of benzene rings is 1. The van der Waals surface area contributed by atoms with Crippen LogP contribution >= 0.6 is 11.6 Å². The molecular formula is C20H20ClN5O. The van der Waals surface area contributed by atoms with Crippen molar-refractivity contribution in [2.24, 2.45) is 0 Å². The summed E-state index contributed by atoms with van der Waals surface area (Å²) >= 11 is 5.97. The maximum Gasteiger partial charge on any atom is 0.253 e. The summed E-state index contributed by atoms with van der Waals surface area (Å²) in [7, 11) is 0. The van der Waals surface area contributed by atoms with Crippen LogP contribution in [0.15, 0.2) is 61.2 Å². The van der Waals surface area contributed by atoms with Crippen LogP contribution in [0.2, 0.25) is 5.15 Å². The van der Waals surface area contributed by atoms with Crippen LogP contribution in [0.5, 0.6) is 0 Å². The molecule has 0 N–H and O–H groups in total. The average Bonchev–Trinajstić information content (AvgIpc) is 3.21. The normalized spacial score (nSPS) is 14.4. The molecule has 1 aliphatic rings. The quantitative estimate of drug-likeness (QED) is 0.652. The zero-order valence-corrected chi connectivity index (χ0v) is 15.6. The summed E-state index contributed by atoms with van der Waals surface area (Å²) in [6, 6.07) is 13.4. The smallest absolute Gasteiger partial charge is 0.253 e. The number of amides is 1. The third-order valence-electron chi connectivity index (χ3n) is 4.72. The van der Waals surface area contributed by atoms with Crippen LogP contribution in [0.25, 0.3) is 0 Å². The third kappa shape index (κ3) is 4.11. The molecule has 0 saturated carbocycles. The van der Waals surface area contributed by atoms with Crippen LogP contribution in [-0.2, 0) is 6.54 Å². The first-order valence-corrected chi connectivity index (χ1v) is 9.28. The zero-order chi connectivity index (χ0) is 18.6. The fourth-order valence-electron chi connectivity index (χ4n) is 3.24. The van der Waals surface area contributed by atoms with Crippen molar-refractivity contribution in [2.45, 2.75) is 6.54 Å². The maximum absolute atomic E-state index is 12.8. The highest BCUT2D eigenvalue weighted by atomic mass is 35.5. The van der Waals surface area contributed by atoms with Crippen LogP contribution in [0.4, 0.5) is 5.82 Å². The van der Waals surface area contributed by atoms with Gasteiger partial charge in [-0.25, -0.2) is 9.97 Å². The summed E-state index contributed by atoms with van der Waals surface area (Å²) in [4.78, 5) is 25.2. The lowest BCUT2D eigenvalue weighted by molar-refractivity contribution is 0.0746. The molecule has 0 spiro atoms. The standard InChI is InChI=1S/C20H20ClN5O/c21-18-2-1-3-19(23-18)25-10-12-26(13-11-25)20(27)17-6-4-16(5-7-17)14-24-9-8-22-15-24/h1-9,15H,10-14H2. The van der Waals surface area contributed by atoms with Gasteiger partial charge in [-0.3, -0.25) is 4.79 Å². The third-order valence-corrected chi connectivity index (χ3v) is 4.93. The Balaban J connectivity index is 1.36. The van der Waals surface area contributed by atoms with E-state index in [1.165, 1.54) is 0 Å². The highest BCUT2D eigenvalue weighted by molar-refractivity contribution is 6.29. The number of aromatic nitrogens is 3. The molecule has 1 aliphatic heterocycles. The fraction of sp³-hybridized carbons (Fsp3) is 0.250. The van der Waals surface area contributed by atoms with Gasteiger partial charge in [-0.2, -0.15) is 0 Å². The van der Waals surface area contributed by atoms with Gasteiger partial charge in [-0.05, 0) is 29.8 Å². The lowest BCUT2D eigenvalue weighted by atomic mass is 10.1. The number of hydrogen-bond donors (Lipinski definition) is 0. The second kappa shape index (κ2) is 7.80. The molecule has 1 saturated heterocycles. The Kier molecular flexibility index (Phi) is 5.07. The van der Waals surface area contributed by atoms with Crippen LogP contribution in [0.3, 0.4) is 0 Å². The van der Waals surface area contributed by atoms with E-state index in [2.05, 4.69) is 14.9 Å². The zero-order valence-electron chi connectivity index (χ0n) is 14.8. The number of anilines is 1. The van der Waals surface area contributed by atoms with E-state index in [9.17, 15) is 4.79 Å². The van der Waals surface area contributed by atoms with Gasteiger partial charge >= 0.3 is 0 Å². The minimum absolute atomic E-state index is 0.0721. The topological polar surface area (TPSA) is 54.3 Å². The lowest BCUT2D eigenvalue weighted by Gasteiger charge is -2.35. The van der Waals surface area contributed by atoms with E-state index in [-0.39, 0.29) is 5.91 Å². The van der Waals surface area contributed by atoms with E-state index in [0.717, 1.165) is 36.6 Å². The summed E-state index contributed by atoms with van der Waals surface area (Å²) in [5.41, 5.74) is 1.86. The largest absolute Gasteiger partial charge is 0.353 e. The van der Waals surface area contributed by atoms with Crippen molar-refractivity contribution in [3.05, 3.63) is 77.5 Å². The van der Waals surface area contributed by atoms with Crippen molar-refractivity contribution in [3.63, 3.8) is 0 Å². The second-order valence-corrected chi connectivity index (χ2v) is 6.92. The van der Waals surface area contributed by atoms with Crippen molar-refractivity contribution >= 4 is 23.3 Å². The van der Waals surface area contributed by atoms with Crippen molar-refractivity contribution in [1.82, 2.24) is 19.4 Å². The van der Waals surface area contributed by atoms with Gasteiger partial charge in [-0.1, -0.05) is 29.8 Å². The molecule has 7 heteroatoms. The predicted octanol–water partition coefficient (Wildman–Crippen LogP) is 2.94. The Morgan fingerprint density at radius 1 is 1.04 bits per heavy atom. The molecule has 6 nitrogen and oxygen atoms in total. The van der Waals surface area contributed by atoms with Gasteiger partial charge in [0.2, 0.25) is 0 Å². The average molecular weight is 382 g/mol. The monoisotopic (exact) mass is 381 g/mol. The van der Waals surface area contributed by atoms with Crippen LogP contribution in [0.1, 0.15) is 15.9 Å².